The van der Waals surface area contributed by atoms with Crippen LogP contribution in [0.4, 0.5) is 30.4 Å². The number of halogens is 3. The van der Waals surface area contributed by atoms with Crippen LogP contribution >= 0.6 is 0 Å². The lowest BCUT2D eigenvalue weighted by Gasteiger charge is -2.34. The van der Waals surface area contributed by atoms with Crippen molar-refractivity contribution in [1.29, 1.82) is 0 Å². The molecular weight excluding hydrogens is 453 g/mol. The smallest absolute Gasteiger partial charge is 0.369 e. The Morgan fingerprint density at radius 1 is 1.12 bits per heavy atom. The number of fused-ring (bicyclic) bond motifs is 1. The molecule has 9 nitrogen and oxygen atoms in total. The van der Waals surface area contributed by atoms with Crippen LogP contribution in [-0.4, -0.2) is 53.2 Å². The Bertz CT molecular complexity index is 1290. The minimum Gasteiger partial charge on any atom is -0.369 e. The number of non-ortho nitro benzene ring substituents is 1. The summed E-state index contributed by atoms with van der Waals surface area (Å²) in [6, 6.07) is 7.07. The normalized spacial score (nSPS) is 16.0. The Hall–Kier alpha value is -3.67. The second-order valence-corrected chi connectivity index (χ2v) is 8.36. The van der Waals surface area contributed by atoms with Crippen molar-refractivity contribution in [3.05, 3.63) is 68.0 Å². The molecule has 1 aliphatic heterocycles. The number of hydrogen-bond donors (Lipinski definition) is 2. The SMILES string of the molecule is C[C@@H](Nc1n[nH]c(=O)c2ccc(N3CCN(C)CC3)cc12)c1cc([N+](=O)[O-])cc(C(F)(F)F)c1. The molecule has 2 heterocycles. The maximum atomic E-state index is 13.3. The quantitative estimate of drug-likeness (QED) is 0.426. The van der Waals surface area contributed by atoms with Gasteiger partial charge in [0.2, 0.25) is 0 Å². The Kier molecular flexibility index (Phi) is 6.17. The highest BCUT2D eigenvalue weighted by Crippen LogP contribution is 2.35. The van der Waals surface area contributed by atoms with Gasteiger partial charge in [-0.25, -0.2) is 5.10 Å². The molecule has 0 amide bonds. The minimum atomic E-state index is -4.74. The number of piperazine rings is 1. The molecule has 0 bridgehead atoms. The van der Waals surface area contributed by atoms with Crippen molar-refractivity contribution in [2.45, 2.75) is 19.1 Å². The van der Waals surface area contributed by atoms with Crippen LogP contribution in [0.1, 0.15) is 24.1 Å². The number of nitrogens with one attached hydrogen (secondary N) is 2. The third-order valence-electron chi connectivity index (χ3n) is 5.97. The predicted octanol–water partition coefficient (Wildman–Crippen LogP) is 3.78. The number of likely N-dealkylation sites (N-methyl/N-ethyl adjacent to an activating group) is 1. The summed E-state index contributed by atoms with van der Waals surface area (Å²) in [5, 5.41) is 21.5. The van der Waals surface area contributed by atoms with E-state index in [0.717, 1.165) is 44.0 Å². The van der Waals surface area contributed by atoms with Crippen LogP contribution in [0.25, 0.3) is 10.8 Å². The van der Waals surface area contributed by atoms with E-state index >= 15 is 0 Å². The summed E-state index contributed by atoms with van der Waals surface area (Å²) in [5.74, 6) is 0.262. The second kappa shape index (κ2) is 8.93. The van der Waals surface area contributed by atoms with Crippen molar-refractivity contribution in [2.75, 3.05) is 43.4 Å². The second-order valence-electron chi connectivity index (χ2n) is 8.36. The number of alkyl halides is 3. The van der Waals surface area contributed by atoms with Crippen LogP contribution in [0.3, 0.4) is 0 Å². The molecule has 1 fully saturated rings. The standard InChI is InChI=1S/C22H23F3N6O3/c1-13(14-9-15(22(23,24)25)11-17(10-14)31(33)34)26-20-19-12-16(30-7-5-29(2)6-8-30)3-4-18(19)21(32)28-27-20/h3-4,9-13H,5-8H2,1-2H3,(H,26,27)(H,28,32)/t13-/m1/s1. The van der Waals surface area contributed by atoms with Gasteiger partial charge in [0.15, 0.2) is 5.82 Å². The maximum Gasteiger partial charge on any atom is 0.416 e. The van der Waals surface area contributed by atoms with E-state index in [-0.39, 0.29) is 11.4 Å². The molecule has 1 saturated heterocycles. The van der Waals surface area contributed by atoms with E-state index in [4.69, 9.17) is 0 Å². The molecule has 1 aromatic heterocycles. The van der Waals surface area contributed by atoms with E-state index in [2.05, 4.69) is 25.3 Å². The highest BCUT2D eigenvalue weighted by atomic mass is 19.4. The third-order valence-corrected chi connectivity index (χ3v) is 5.97. The van der Waals surface area contributed by atoms with E-state index < -0.39 is 34.0 Å². The molecule has 1 atom stereocenters. The van der Waals surface area contributed by atoms with Gasteiger partial charge in [0, 0.05) is 49.4 Å². The average Bonchev–Trinajstić information content (AvgIpc) is 2.80. The molecule has 2 aromatic carbocycles. The Labute approximate surface area is 192 Å². The molecule has 4 rings (SSSR count). The number of aromatic amines is 1. The zero-order valence-corrected chi connectivity index (χ0v) is 18.5. The lowest BCUT2D eigenvalue weighted by Crippen LogP contribution is -2.44. The first-order chi connectivity index (χ1) is 16.0. The molecule has 3 aromatic rings. The van der Waals surface area contributed by atoms with Crippen LogP contribution < -0.4 is 15.8 Å². The van der Waals surface area contributed by atoms with Gasteiger partial charge < -0.3 is 15.1 Å². The highest BCUT2D eigenvalue weighted by Gasteiger charge is 2.33. The van der Waals surface area contributed by atoms with Gasteiger partial charge in [0.1, 0.15) is 0 Å². The summed E-state index contributed by atoms with van der Waals surface area (Å²) >= 11 is 0. The van der Waals surface area contributed by atoms with Crippen LogP contribution in [0, 0.1) is 10.1 Å². The number of nitro benzene ring substituents is 1. The molecule has 0 spiro atoms. The van der Waals surface area contributed by atoms with Crippen molar-refractivity contribution in [1.82, 2.24) is 15.1 Å². The molecule has 0 unspecified atom stereocenters. The van der Waals surface area contributed by atoms with E-state index in [1.807, 2.05) is 19.2 Å². The summed E-state index contributed by atoms with van der Waals surface area (Å²) in [5.41, 5.74) is -1.19. The van der Waals surface area contributed by atoms with Crippen LogP contribution in [-0.2, 0) is 6.18 Å². The van der Waals surface area contributed by atoms with E-state index in [1.165, 1.54) is 0 Å². The van der Waals surface area contributed by atoms with Gasteiger partial charge in [-0.2, -0.15) is 18.3 Å². The number of nitrogens with zero attached hydrogens (tertiary/aromatic N) is 4. The number of hydrogen-bond acceptors (Lipinski definition) is 7. The van der Waals surface area contributed by atoms with Gasteiger partial charge in [-0.05, 0) is 43.8 Å². The van der Waals surface area contributed by atoms with Gasteiger partial charge in [-0.3, -0.25) is 14.9 Å². The highest BCUT2D eigenvalue weighted by molar-refractivity contribution is 5.93. The largest absolute Gasteiger partial charge is 0.416 e. The molecule has 0 radical (unpaired) electrons. The lowest BCUT2D eigenvalue weighted by atomic mass is 10.0. The fraction of sp³-hybridized carbons (Fsp3) is 0.364. The first kappa shape index (κ1) is 23.5. The van der Waals surface area contributed by atoms with E-state index in [0.29, 0.717) is 16.8 Å². The predicted molar refractivity (Wildman–Crippen MR) is 122 cm³/mol. The minimum absolute atomic E-state index is 0.0675. The van der Waals surface area contributed by atoms with E-state index in [9.17, 15) is 28.1 Å². The Morgan fingerprint density at radius 2 is 1.82 bits per heavy atom. The Balaban J connectivity index is 1.71. The van der Waals surface area contributed by atoms with Gasteiger partial charge in [0.25, 0.3) is 11.2 Å². The fourth-order valence-electron chi connectivity index (χ4n) is 3.97. The zero-order valence-electron chi connectivity index (χ0n) is 18.5. The number of nitro groups is 1. The number of aromatic nitrogens is 2. The van der Waals surface area contributed by atoms with Gasteiger partial charge in [-0.15, -0.1) is 0 Å². The molecule has 0 saturated carbocycles. The van der Waals surface area contributed by atoms with Crippen molar-refractivity contribution in [3.63, 3.8) is 0 Å². The third kappa shape index (κ3) is 4.81. The molecule has 2 N–H and O–H groups in total. The average molecular weight is 476 g/mol. The molecule has 1 aliphatic rings. The van der Waals surface area contributed by atoms with Crippen LogP contribution in [0.2, 0.25) is 0 Å². The van der Waals surface area contributed by atoms with Crippen LogP contribution in [0.15, 0.2) is 41.2 Å². The van der Waals surface area contributed by atoms with Gasteiger partial charge in [-0.1, -0.05) is 0 Å². The maximum absolute atomic E-state index is 13.3. The van der Waals surface area contributed by atoms with Crippen molar-refractivity contribution >= 4 is 28.0 Å². The summed E-state index contributed by atoms with van der Waals surface area (Å²) in [6.45, 7) is 4.98. The zero-order chi connectivity index (χ0) is 24.6. The van der Waals surface area contributed by atoms with Crippen molar-refractivity contribution < 1.29 is 18.1 Å². The summed E-state index contributed by atoms with van der Waals surface area (Å²) in [6.07, 6.45) is -4.74. The van der Waals surface area contributed by atoms with Crippen molar-refractivity contribution in [3.8, 4) is 0 Å². The number of H-pyrrole nitrogens is 1. The number of anilines is 2. The molecule has 34 heavy (non-hydrogen) atoms. The first-order valence-electron chi connectivity index (χ1n) is 10.6. The summed E-state index contributed by atoms with van der Waals surface area (Å²) in [4.78, 5) is 27.1. The molecular formula is C22H23F3N6O3. The monoisotopic (exact) mass is 476 g/mol. The summed E-state index contributed by atoms with van der Waals surface area (Å²) in [7, 11) is 2.04. The molecule has 0 aliphatic carbocycles. The molecule has 12 heteroatoms. The van der Waals surface area contributed by atoms with Crippen molar-refractivity contribution in [2.24, 2.45) is 0 Å². The number of benzene rings is 2. The molecule has 180 valence electrons. The number of rotatable bonds is 5. The topological polar surface area (TPSA) is 107 Å². The van der Waals surface area contributed by atoms with E-state index in [1.54, 1.807) is 13.0 Å². The van der Waals surface area contributed by atoms with Gasteiger partial charge >= 0.3 is 6.18 Å². The summed E-state index contributed by atoms with van der Waals surface area (Å²) < 4.78 is 39.9. The fourth-order valence-corrected chi connectivity index (χ4v) is 3.97. The van der Waals surface area contributed by atoms with Crippen LogP contribution in [0.5, 0.6) is 0 Å². The van der Waals surface area contributed by atoms with Gasteiger partial charge in [0.05, 0.1) is 21.9 Å². The first-order valence-corrected chi connectivity index (χ1v) is 10.6. The Morgan fingerprint density at radius 3 is 2.47 bits per heavy atom. The lowest BCUT2D eigenvalue weighted by molar-refractivity contribution is -0.385.